The van der Waals surface area contributed by atoms with Gasteiger partial charge < -0.3 is 9.84 Å². The number of aryl methyl sites for hydroxylation is 1. The van der Waals surface area contributed by atoms with E-state index in [0.717, 1.165) is 24.2 Å². The maximum absolute atomic E-state index is 10.6. The molecule has 0 heterocycles. The lowest BCUT2D eigenvalue weighted by Gasteiger charge is -2.09. The molecule has 3 heteroatoms. The molecule has 16 heavy (non-hydrogen) atoms. The fourth-order valence-electron chi connectivity index (χ4n) is 1.63. The van der Waals surface area contributed by atoms with E-state index >= 15 is 0 Å². The molecule has 0 saturated carbocycles. The molecule has 0 amide bonds. The van der Waals surface area contributed by atoms with Crippen molar-refractivity contribution >= 4 is 5.97 Å². The standard InChI is InChI=1S/C13H18O3/c1-10(13(14)15)6-5-8-11-7-3-4-9-12(11)16-2/h3-4,7,9-10H,5-6,8H2,1-2H3,(H,14,15). The van der Waals surface area contributed by atoms with Crippen molar-refractivity contribution in [1.82, 2.24) is 0 Å². The van der Waals surface area contributed by atoms with Crippen LogP contribution >= 0.6 is 0 Å². The summed E-state index contributed by atoms with van der Waals surface area (Å²) in [4.78, 5) is 10.6. The molecule has 1 rings (SSSR count). The molecule has 1 unspecified atom stereocenters. The summed E-state index contributed by atoms with van der Waals surface area (Å²) in [6.07, 6.45) is 2.43. The van der Waals surface area contributed by atoms with Crippen LogP contribution in [0.2, 0.25) is 0 Å². The number of hydrogen-bond acceptors (Lipinski definition) is 2. The molecule has 0 fully saturated rings. The minimum atomic E-state index is -0.722. The minimum Gasteiger partial charge on any atom is -0.496 e. The van der Waals surface area contributed by atoms with Crippen molar-refractivity contribution in [3.63, 3.8) is 0 Å². The first-order chi connectivity index (χ1) is 7.65. The van der Waals surface area contributed by atoms with Gasteiger partial charge in [-0.1, -0.05) is 25.1 Å². The van der Waals surface area contributed by atoms with Crippen LogP contribution in [0, 0.1) is 5.92 Å². The first kappa shape index (κ1) is 12.6. The third-order valence-corrected chi connectivity index (χ3v) is 2.70. The highest BCUT2D eigenvalue weighted by atomic mass is 16.5. The van der Waals surface area contributed by atoms with Gasteiger partial charge in [0, 0.05) is 0 Å². The first-order valence-electron chi connectivity index (χ1n) is 5.50. The summed E-state index contributed by atoms with van der Waals surface area (Å²) in [5, 5.41) is 8.76. The van der Waals surface area contributed by atoms with Crippen LogP contribution in [0.15, 0.2) is 24.3 Å². The number of carboxylic acid groups (broad SMARTS) is 1. The predicted molar refractivity (Wildman–Crippen MR) is 62.7 cm³/mol. The van der Waals surface area contributed by atoms with Crippen LogP contribution in [-0.2, 0) is 11.2 Å². The smallest absolute Gasteiger partial charge is 0.306 e. The third kappa shape index (κ3) is 3.57. The molecule has 0 spiro atoms. The van der Waals surface area contributed by atoms with Gasteiger partial charge in [0.25, 0.3) is 0 Å². The van der Waals surface area contributed by atoms with Crippen molar-refractivity contribution in [3.8, 4) is 5.75 Å². The van der Waals surface area contributed by atoms with Crippen molar-refractivity contribution in [2.45, 2.75) is 26.2 Å². The molecule has 1 N–H and O–H groups in total. The highest BCUT2D eigenvalue weighted by molar-refractivity contribution is 5.69. The largest absolute Gasteiger partial charge is 0.496 e. The van der Waals surface area contributed by atoms with Crippen molar-refractivity contribution in [3.05, 3.63) is 29.8 Å². The van der Waals surface area contributed by atoms with Crippen LogP contribution in [0.3, 0.4) is 0 Å². The van der Waals surface area contributed by atoms with Gasteiger partial charge in [-0.05, 0) is 30.9 Å². The summed E-state index contributed by atoms with van der Waals surface area (Å²) < 4.78 is 5.23. The summed E-state index contributed by atoms with van der Waals surface area (Å²) in [5.74, 6) is -0.111. The number of methoxy groups -OCH3 is 1. The molecule has 0 bridgehead atoms. The molecule has 0 aromatic heterocycles. The second-order valence-electron chi connectivity index (χ2n) is 3.94. The zero-order valence-electron chi connectivity index (χ0n) is 9.77. The number of ether oxygens (including phenoxy) is 1. The highest BCUT2D eigenvalue weighted by Crippen LogP contribution is 2.20. The Kier molecular flexibility index (Phi) is 4.83. The molecule has 3 nitrogen and oxygen atoms in total. The van der Waals surface area contributed by atoms with Gasteiger partial charge in [0.2, 0.25) is 0 Å². The zero-order chi connectivity index (χ0) is 12.0. The summed E-state index contributed by atoms with van der Waals surface area (Å²) in [6.45, 7) is 1.74. The first-order valence-corrected chi connectivity index (χ1v) is 5.50. The van der Waals surface area contributed by atoms with E-state index in [1.54, 1.807) is 14.0 Å². The van der Waals surface area contributed by atoms with Gasteiger partial charge in [-0.15, -0.1) is 0 Å². The maximum atomic E-state index is 10.6. The number of aliphatic carboxylic acids is 1. The number of carbonyl (C=O) groups is 1. The van der Waals surface area contributed by atoms with E-state index in [1.807, 2.05) is 24.3 Å². The maximum Gasteiger partial charge on any atom is 0.306 e. The Morgan fingerprint density at radius 1 is 1.44 bits per heavy atom. The van der Waals surface area contributed by atoms with E-state index in [1.165, 1.54) is 0 Å². The van der Waals surface area contributed by atoms with E-state index in [4.69, 9.17) is 9.84 Å². The molecule has 0 aliphatic rings. The van der Waals surface area contributed by atoms with E-state index in [-0.39, 0.29) is 5.92 Å². The van der Waals surface area contributed by atoms with E-state index in [9.17, 15) is 4.79 Å². The Morgan fingerprint density at radius 3 is 2.75 bits per heavy atom. The van der Waals surface area contributed by atoms with Gasteiger partial charge in [-0.2, -0.15) is 0 Å². The van der Waals surface area contributed by atoms with Gasteiger partial charge in [-0.25, -0.2) is 0 Å². The second kappa shape index (κ2) is 6.16. The normalized spacial score (nSPS) is 12.1. The zero-order valence-corrected chi connectivity index (χ0v) is 9.77. The average molecular weight is 222 g/mol. The molecule has 1 aromatic rings. The molecule has 88 valence electrons. The predicted octanol–water partition coefficient (Wildman–Crippen LogP) is 2.74. The van der Waals surface area contributed by atoms with Crippen LogP contribution in [0.5, 0.6) is 5.75 Å². The second-order valence-corrected chi connectivity index (χ2v) is 3.94. The number of rotatable bonds is 6. The molecule has 0 saturated heterocycles. The quantitative estimate of drug-likeness (QED) is 0.805. The van der Waals surface area contributed by atoms with Crippen LogP contribution in [-0.4, -0.2) is 18.2 Å². The van der Waals surface area contributed by atoms with Gasteiger partial charge in [0.1, 0.15) is 5.75 Å². The summed E-state index contributed by atoms with van der Waals surface area (Å²) >= 11 is 0. The Bertz CT molecular complexity index is 347. The topological polar surface area (TPSA) is 46.5 Å². The van der Waals surface area contributed by atoms with Crippen LogP contribution in [0.4, 0.5) is 0 Å². The number of para-hydroxylation sites is 1. The van der Waals surface area contributed by atoms with Crippen molar-refractivity contribution in [2.75, 3.05) is 7.11 Å². The van der Waals surface area contributed by atoms with E-state index in [2.05, 4.69) is 0 Å². The SMILES string of the molecule is COc1ccccc1CCCC(C)C(=O)O. The lowest BCUT2D eigenvalue weighted by Crippen LogP contribution is -2.09. The Balaban J connectivity index is 2.45. The fraction of sp³-hybridized carbons (Fsp3) is 0.462. The molecular weight excluding hydrogens is 204 g/mol. The third-order valence-electron chi connectivity index (χ3n) is 2.70. The Labute approximate surface area is 96.1 Å². The number of benzene rings is 1. The van der Waals surface area contributed by atoms with Gasteiger partial charge in [0.15, 0.2) is 0 Å². The summed E-state index contributed by atoms with van der Waals surface area (Å²) in [7, 11) is 1.65. The van der Waals surface area contributed by atoms with Crippen molar-refractivity contribution < 1.29 is 14.6 Å². The summed E-state index contributed by atoms with van der Waals surface area (Å²) in [6, 6.07) is 7.85. The van der Waals surface area contributed by atoms with Crippen molar-refractivity contribution in [1.29, 1.82) is 0 Å². The average Bonchev–Trinajstić information content (AvgIpc) is 2.29. The number of carboxylic acids is 1. The molecule has 0 radical (unpaired) electrons. The van der Waals surface area contributed by atoms with Crippen LogP contribution in [0.1, 0.15) is 25.3 Å². The molecular formula is C13H18O3. The van der Waals surface area contributed by atoms with Gasteiger partial charge in [-0.3, -0.25) is 4.79 Å². The van der Waals surface area contributed by atoms with E-state index < -0.39 is 5.97 Å². The van der Waals surface area contributed by atoms with Crippen LogP contribution in [0.25, 0.3) is 0 Å². The monoisotopic (exact) mass is 222 g/mol. The van der Waals surface area contributed by atoms with Crippen molar-refractivity contribution in [2.24, 2.45) is 5.92 Å². The lowest BCUT2D eigenvalue weighted by molar-refractivity contribution is -0.141. The highest BCUT2D eigenvalue weighted by Gasteiger charge is 2.10. The minimum absolute atomic E-state index is 0.269. The Morgan fingerprint density at radius 2 is 2.12 bits per heavy atom. The molecule has 1 aromatic carbocycles. The van der Waals surface area contributed by atoms with Gasteiger partial charge >= 0.3 is 5.97 Å². The number of hydrogen-bond donors (Lipinski definition) is 1. The Hall–Kier alpha value is -1.51. The molecule has 1 atom stereocenters. The fourth-order valence-corrected chi connectivity index (χ4v) is 1.63. The molecule has 0 aliphatic carbocycles. The summed E-state index contributed by atoms with van der Waals surface area (Å²) in [5.41, 5.74) is 1.14. The molecule has 0 aliphatic heterocycles. The lowest BCUT2D eigenvalue weighted by atomic mass is 10.0. The van der Waals surface area contributed by atoms with Crippen LogP contribution < -0.4 is 4.74 Å². The van der Waals surface area contributed by atoms with E-state index in [0.29, 0.717) is 6.42 Å². The van der Waals surface area contributed by atoms with Gasteiger partial charge in [0.05, 0.1) is 13.0 Å².